The summed E-state index contributed by atoms with van der Waals surface area (Å²) in [6.07, 6.45) is 5.59. The average molecular weight is 271 g/mol. The molecule has 0 saturated heterocycles. The molecule has 1 fully saturated rings. The first-order chi connectivity index (χ1) is 9.65. The quantitative estimate of drug-likeness (QED) is 0.813. The number of Topliss-reactive ketones (excluding diaryl/α,β-unsaturated/α-hetero) is 1. The Balaban J connectivity index is 1.87. The largest absolute Gasteiger partial charge is 0.385 e. The fraction of sp³-hybridized carbons (Fsp3) is 0.611. The highest BCUT2D eigenvalue weighted by molar-refractivity contribution is 6.00. The maximum atomic E-state index is 12.9. The van der Waals surface area contributed by atoms with Crippen molar-refractivity contribution >= 4 is 11.5 Å². The van der Waals surface area contributed by atoms with Gasteiger partial charge in [0.15, 0.2) is 5.78 Å². The summed E-state index contributed by atoms with van der Waals surface area (Å²) in [4.78, 5) is 12.9. The van der Waals surface area contributed by atoms with Gasteiger partial charge in [-0.3, -0.25) is 4.79 Å². The number of fused-ring (bicyclic) bond motifs is 1. The second-order valence-corrected chi connectivity index (χ2v) is 6.84. The summed E-state index contributed by atoms with van der Waals surface area (Å²) in [6.45, 7) is 5.61. The minimum Gasteiger partial charge on any atom is -0.385 e. The van der Waals surface area contributed by atoms with Crippen molar-refractivity contribution in [3.8, 4) is 0 Å². The second kappa shape index (κ2) is 5.59. The smallest absolute Gasteiger partial charge is 0.166 e. The first-order valence-electron chi connectivity index (χ1n) is 8.05. The molecule has 2 aliphatic rings. The van der Waals surface area contributed by atoms with Gasteiger partial charge in [-0.05, 0) is 55.6 Å². The molecule has 20 heavy (non-hydrogen) atoms. The number of hydrogen-bond donors (Lipinski definition) is 1. The molecule has 2 atom stereocenters. The highest BCUT2D eigenvalue weighted by Crippen LogP contribution is 2.36. The molecule has 0 spiro atoms. The minimum absolute atomic E-state index is 0.238. The van der Waals surface area contributed by atoms with E-state index in [0.717, 1.165) is 37.8 Å². The van der Waals surface area contributed by atoms with Crippen molar-refractivity contribution in [3.63, 3.8) is 0 Å². The summed E-state index contributed by atoms with van der Waals surface area (Å²) >= 11 is 0. The normalized spacial score (nSPS) is 29.4. The number of anilines is 1. The third-order valence-corrected chi connectivity index (χ3v) is 4.91. The van der Waals surface area contributed by atoms with Gasteiger partial charge in [0.2, 0.25) is 0 Å². The van der Waals surface area contributed by atoms with Crippen LogP contribution in [0.2, 0.25) is 0 Å². The van der Waals surface area contributed by atoms with Crippen molar-refractivity contribution in [2.24, 2.45) is 17.8 Å². The number of benzene rings is 1. The monoisotopic (exact) mass is 271 g/mol. The molecule has 1 saturated carbocycles. The van der Waals surface area contributed by atoms with Crippen LogP contribution < -0.4 is 5.32 Å². The lowest BCUT2D eigenvalue weighted by Gasteiger charge is -2.31. The number of nitrogens with one attached hydrogen (secondary N) is 1. The fourth-order valence-electron chi connectivity index (χ4n) is 4.12. The summed E-state index contributed by atoms with van der Waals surface area (Å²) in [5.41, 5.74) is 3.43. The van der Waals surface area contributed by atoms with Gasteiger partial charge >= 0.3 is 0 Å². The first kappa shape index (κ1) is 13.7. The summed E-state index contributed by atoms with van der Waals surface area (Å²) < 4.78 is 0. The van der Waals surface area contributed by atoms with Crippen LogP contribution in [-0.4, -0.2) is 12.3 Å². The summed E-state index contributed by atoms with van der Waals surface area (Å²) in [6, 6.07) is 6.18. The van der Waals surface area contributed by atoms with Gasteiger partial charge in [-0.25, -0.2) is 0 Å². The molecule has 2 nitrogen and oxygen atoms in total. The molecule has 1 aliphatic carbocycles. The molecule has 2 unspecified atom stereocenters. The van der Waals surface area contributed by atoms with Crippen LogP contribution in [0.5, 0.6) is 0 Å². The maximum Gasteiger partial charge on any atom is 0.166 e. The van der Waals surface area contributed by atoms with Gasteiger partial charge in [-0.1, -0.05) is 26.0 Å². The molecule has 3 rings (SSSR count). The number of carbonyl (C=O) groups is 1. The Bertz CT molecular complexity index is 498. The molecule has 1 aromatic carbocycles. The van der Waals surface area contributed by atoms with Gasteiger partial charge in [0, 0.05) is 23.7 Å². The molecule has 0 aromatic heterocycles. The van der Waals surface area contributed by atoms with E-state index in [1.807, 2.05) is 12.1 Å². The lowest BCUT2D eigenvalue weighted by atomic mass is 9.73. The van der Waals surface area contributed by atoms with Crippen molar-refractivity contribution in [3.05, 3.63) is 29.3 Å². The van der Waals surface area contributed by atoms with Crippen LogP contribution >= 0.6 is 0 Å². The number of ketones is 1. The van der Waals surface area contributed by atoms with Crippen LogP contribution in [0.3, 0.4) is 0 Å². The predicted octanol–water partition coefficient (Wildman–Crippen LogP) is 4.30. The van der Waals surface area contributed by atoms with Crippen LogP contribution in [-0.2, 0) is 6.42 Å². The molecule has 2 heteroatoms. The summed E-state index contributed by atoms with van der Waals surface area (Å²) in [5, 5.41) is 3.43. The van der Waals surface area contributed by atoms with Crippen LogP contribution in [0.15, 0.2) is 18.2 Å². The lowest BCUT2D eigenvalue weighted by Crippen LogP contribution is -2.27. The molecule has 0 bridgehead atoms. The van der Waals surface area contributed by atoms with Crippen molar-refractivity contribution in [2.45, 2.75) is 46.0 Å². The van der Waals surface area contributed by atoms with Crippen molar-refractivity contribution < 1.29 is 4.79 Å². The number of rotatable bonds is 2. The molecule has 1 heterocycles. The Labute approximate surface area is 122 Å². The van der Waals surface area contributed by atoms with E-state index in [1.165, 1.54) is 17.7 Å². The van der Waals surface area contributed by atoms with E-state index in [4.69, 9.17) is 0 Å². The van der Waals surface area contributed by atoms with E-state index in [9.17, 15) is 4.79 Å². The highest BCUT2D eigenvalue weighted by Gasteiger charge is 2.31. The molecule has 0 radical (unpaired) electrons. The Morgan fingerprint density at radius 1 is 1.15 bits per heavy atom. The summed E-state index contributed by atoms with van der Waals surface area (Å²) in [5.74, 6) is 2.00. The van der Waals surface area contributed by atoms with E-state index in [0.29, 0.717) is 17.6 Å². The van der Waals surface area contributed by atoms with E-state index in [1.54, 1.807) is 0 Å². The SMILES string of the molecule is CC1CC(C)CC(C(=O)c2cccc3c2CCCN3)C1. The number of hydrogen-bond acceptors (Lipinski definition) is 2. The van der Waals surface area contributed by atoms with E-state index >= 15 is 0 Å². The fourth-order valence-corrected chi connectivity index (χ4v) is 4.12. The van der Waals surface area contributed by atoms with Crippen LogP contribution in [0.25, 0.3) is 0 Å². The standard InChI is InChI=1S/C18H25NO/c1-12-9-13(2)11-14(10-12)18(20)16-5-3-7-17-15(16)6-4-8-19-17/h3,5,7,12-14,19H,4,6,8-11H2,1-2H3. The minimum atomic E-state index is 0.238. The molecular formula is C18H25NO. The zero-order valence-electron chi connectivity index (χ0n) is 12.6. The highest BCUT2D eigenvalue weighted by atomic mass is 16.1. The first-order valence-corrected chi connectivity index (χ1v) is 8.05. The zero-order chi connectivity index (χ0) is 14.1. The molecule has 1 aromatic rings. The molecule has 1 aliphatic heterocycles. The third kappa shape index (κ3) is 2.61. The number of carbonyl (C=O) groups excluding carboxylic acids is 1. The molecule has 0 amide bonds. The zero-order valence-corrected chi connectivity index (χ0v) is 12.6. The molecule has 1 N–H and O–H groups in total. The molecule has 108 valence electrons. The maximum absolute atomic E-state index is 12.9. The van der Waals surface area contributed by atoms with Crippen LogP contribution in [0.4, 0.5) is 5.69 Å². The summed E-state index contributed by atoms with van der Waals surface area (Å²) in [7, 11) is 0. The van der Waals surface area contributed by atoms with Crippen molar-refractivity contribution in [1.82, 2.24) is 0 Å². The Hall–Kier alpha value is -1.31. The van der Waals surface area contributed by atoms with Gasteiger partial charge in [0.05, 0.1) is 0 Å². The van der Waals surface area contributed by atoms with Gasteiger partial charge < -0.3 is 5.32 Å². The van der Waals surface area contributed by atoms with Gasteiger partial charge in [0.25, 0.3) is 0 Å². The lowest BCUT2D eigenvalue weighted by molar-refractivity contribution is 0.0835. The van der Waals surface area contributed by atoms with E-state index < -0.39 is 0 Å². The average Bonchev–Trinajstić information content (AvgIpc) is 2.45. The molecular weight excluding hydrogens is 246 g/mol. The van der Waals surface area contributed by atoms with Gasteiger partial charge in [0.1, 0.15) is 0 Å². The van der Waals surface area contributed by atoms with Crippen LogP contribution in [0.1, 0.15) is 55.5 Å². The Morgan fingerprint density at radius 2 is 1.90 bits per heavy atom. The van der Waals surface area contributed by atoms with Gasteiger partial charge in [-0.15, -0.1) is 0 Å². The van der Waals surface area contributed by atoms with Crippen LogP contribution in [0, 0.1) is 17.8 Å². The third-order valence-electron chi connectivity index (χ3n) is 4.91. The van der Waals surface area contributed by atoms with E-state index in [-0.39, 0.29) is 5.92 Å². The van der Waals surface area contributed by atoms with Gasteiger partial charge in [-0.2, -0.15) is 0 Å². The van der Waals surface area contributed by atoms with Crippen molar-refractivity contribution in [2.75, 3.05) is 11.9 Å². The van der Waals surface area contributed by atoms with E-state index in [2.05, 4.69) is 25.2 Å². The van der Waals surface area contributed by atoms with Crippen molar-refractivity contribution in [1.29, 1.82) is 0 Å². The topological polar surface area (TPSA) is 29.1 Å². The Kier molecular flexibility index (Phi) is 3.82. The Morgan fingerprint density at radius 3 is 2.65 bits per heavy atom. The second-order valence-electron chi connectivity index (χ2n) is 6.84. The predicted molar refractivity (Wildman–Crippen MR) is 83.3 cm³/mol.